The number of rotatable bonds is 3. The lowest BCUT2D eigenvalue weighted by atomic mass is 10.0. The van der Waals surface area contributed by atoms with E-state index in [-0.39, 0.29) is 0 Å². The van der Waals surface area contributed by atoms with E-state index in [1.165, 1.54) is 18.5 Å². The SMILES string of the molecule is COc1ccc(NC(=S)N2CC[C@@H](C)CC[C@H]2c2cccn2C)cc1. The summed E-state index contributed by atoms with van der Waals surface area (Å²) in [6, 6.07) is 12.6. The molecule has 0 saturated carbocycles. The highest BCUT2D eigenvalue weighted by Gasteiger charge is 2.28. The molecule has 1 N–H and O–H groups in total. The van der Waals surface area contributed by atoms with Gasteiger partial charge in [-0.3, -0.25) is 0 Å². The quantitative estimate of drug-likeness (QED) is 0.814. The van der Waals surface area contributed by atoms with Gasteiger partial charge in [-0.2, -0.15) is 0 Å². The Kier molecular flexibility index (Phi) is 5.63. The molecule has 2 aromatic rings. The summed E-state index contributed by atoms with van der Waals surface area (Å²) in [5.74, 6) is 1.58. The van der Waals surface area contributed by atoms with Crippen molar-refractivity contribution < 1.29 is 4.74 Å². The molecule has 2 heterocycles. The van der Waals surface area contributed by atoms with E-state index >= 15 is 0 Å². The van der Waals surface area contributed by atoms with E-state index < -0.39 is 0 Å². The zero-order chi connectivity index (χ0) is 17.8. The molecule has 5 heteroatoms. The Labute approximate surface area is 155 Å². The first kappa shape index (κ1) is 17.8. The second kappa shape index (κ2) is 7.91. The number of hydrogen-bond donors (Lipinski definition) is 1. The summed E-state index contributed by atoms with van der Waals surface area (Å²) >= 11 is 5.78. The number of benzene rings is 1. The fourth-order valence-corrected chi connectivity index (χ4v) is 3.84. The molecule has 1 aromatic heterocycles. The molecule has 0 unspecified atom stereocenters. The predicted molar refractivity (Wildman–Crippen MR) is 107 cm³/mol. The van der Waals surface area contributed by atoms with Crippen LogP contribution in [0.2, 0.25) is 0 Å². The van der Waals surface area contributed by atoms with Crippen molar-refractivity contribution in [2.45, 2.75) is 32.2 Å². The Bertz CT molecular complexity index is 710. The molecule has 134 valence electrons. The number of methoxy groups -OCH3 is 1. The molecule has 0 radical (unpaired) electrons. The third-order valence-corrected chi connectivity index (χ3v) is 5.44. The van der Waals surface area contributed by atoms with Gasteiger partial charge < -0.3 is 19.5 Å². The Morgan fingerprint density at radius 1 is 1.16 bits per heavy atom. The maximum Gasteiger partial charge on any atom is 0.173 e. The maximum absolute atomic E-state index is 5.78. The van der Waals surface area contributed by atoms with Gasteiger partial charge in [-0.15, -0.1) is 0 Å². The van der Waals surface area contributed by atoms with Crippen LogP contribution in [-0.2, 0) is 7.05 Å². The Morgan fingerprint density at radius 2 is 1.92 bits per heavy atom. The topological polar surface area (TPSA) is 29.4 Å². The van der Waals surface area contributed by atoms with Crippen LogP contribution in [0.5, 0.6) is 5.75 Å². The van der Waals surface area contributed by atoms with E-state index in [0.29, 0.717) is 6.04 Å². The molecule has 0 bridgehead atoms. The highest BCUT2D eigenvalue weighted by atomic mass is 32.1. The predicted octanol–water partition coefficient (Wildman–Crippen LogP) is 4.59. The van der Waals surface area contributed by atoms with Gasteiger partial charge in [0, 0.05) is 31.2 Å². The van der Waals surface area contributed by atoms with E-state index in [1.54, 1.807) is 7.11 Å². The minimum atomic E-state index is 0.322. The van der Waals surface area contributed by atoms with Crippen molar-refractivity contribution in [3.8, 4) is 5.75 Å². The highest BCUT2D eigenvalue weighted by Crippen LogP contribution is 2.33. The fraction of sp³-hybridized carbons (Fsp3) is 0.450. The number of likely N-dealkylation sites (tertiary alicyclic amines) is 1. The monoisotopic (exact) mass is 357 g/mol. The van der Waals surface area contributed by atoms with Gasteiger partial charge >= 0.3 is 0 Å². The molecule has 2 atom stereocenters. The summed E-state index contributed by atoms with van der Waals surface area (Å²) in [5.41, 5.74) is 2.32. The largest absolute Gasteiger partial charge is 0.497 e. The summed E-state index contributed by atoms with van der Waals surface area (Å²) in [5, 5.41) is 4.21. The number of nitrogens with one attached hydrogen (secondary N) is 1. The molecule has 0 amide bonds. The molecule has 25 heavy (non-hydrogen) atoms. The molecule has 1 saturated heterocycles. The molecule has 3 rings (SSSR count). The van der Waals surface area contributed by atoms with E-state index in [4.69, 9.17) is 17.0 Å². The van der Waals surface area contributed by atoms with Crippen molar-refractivity contribution in [3.63, 3.8) is 0 Å². The molecular formula is C20H27N3OS. The van der Waals surface area contributed by atoms with Crippen molar-refractivity contribution in [2.75, 3.05) is 19.0 Å². The maximum atomic E-state index is 5.78. The van der Waals surface area contributed by atoms with Gasteiger partial charge in [0.2, 0.25) is 0 Å². The van der Waals surface area contributed by atoms with Crippen LogP contribution < -0.4 is 10.1 Å². The minimum Gasteiger partial charge on any atom is -0.497 e. The third kappa shape index (κ3) is 4.15. The van der Waals surface area contributed by atoms with E-state index in [2.05, 4.69) is 47.1 Å². The number of aromatic nitrogens is 1. The van der Waals surface area contributed by atoms with Gasteiger partial charge in [-0.25, -0.2) is 0 Å². The number of ether oxygens (including phenoxy) is 1. The van der Waals surface area contributed by atoms with Crippen LogP contribution in [-0.4, -0.2) is 28.2 Å². The fourth-order valence-electron chi connectivity index (χ4n) is 3.50. The average molecular weight is 358 g/mol. The molecule has 1 aliphatic rings. The number of nitrogens with zero attached hydrogens (tertiary/aromatic N) is 2. The number of aryl methyl sites for hydroxylation is 1. The molecule has 0 aliphatic carbocycles. The third-order valence-electron chi connectivity index (χ3n) is 5.10. The Hall–Kier alpha value is -2.01. The van der Waals surface area contributed by atoms with Crippen molar-refractivity contribution in [2.24, 2.45) is 13.0 Å². The van der Waals surface area contributed by atoms with Crippen LogP contribution in [0.4, 0.5) is 5.69 Å². The zero-order valence-corrected chi connectivity index (χ0v) is 16.1. The lowest BCUT2D eigenvalue weighted by Crippen LogP contribution is -2.38. The van der Waals surface area contributed by atoms with E-state index in [0.717, 1.165) is 35.4 Å². The lowest BCUT2D eigenvalue weighted by Gasteiger charge is -2.33. The summed E-state index contributed by atoms with van der Waals surface area (Å²) in [6.45, 7) is 3.32. The molecule has 1 fully saturated rings. The lowest BCUT2D eigenvalue weighted by molar-refractivity contribution is 0.314. The summed E-state index contributed by atoms with van der Waals surface area (Å²) in [6.07, 6.45) is 5.65. The summed E-state index contributed by atoms with van der Waals surface area (Å²) in [4.78, 5) is 2.36. The molecule has 4 nitrogen and oxygen atoms in total. The van der Waals surface area contributed by atoms with Gasteiger partial charge in [-0.05, 0) is 73.8 Å². The van der Waals surface area contributed by atoms with Crippen molar-refractivity contribution in [1.29, 1.82) is 0 Å². The van der Waals surface area contributed by atoms with Crippen molar-refractivity contribution >= 4 is 23.0 Å². The van der Waals surface area contributed by atoms with Gasteiger partial charge in [0.15, 0.2) is 5.11 Å². The standard InChI is InChI=1S/C20H27N3OS/c1-15-6-11-19(18-5-4-13-22(18)2)23(14-12-15)20(25)21-16-7-9-17(24-3)10-8-16/h4-5,7-10,13,15,19H,6,11-12,14H2,1-3H3,(H,21,25)/t15-,19-/m0/s1. The van der Waals surface area contributed by atoms with Crippen LogP contribution in [0, 0.1) is 5.92 Å². The first-order valence-corrected chi connectivity index (χ1v) is 9.32. The highest BCUT2D eigenvalue weighted by molar-refractivity contribution is 7.80. The normalized spacial score (nSPS) is 20.8. The van der Waals surface area contributed by atoms with Crippen LogP contribution >= 0.6 is 12.2 Å². The minimum absolute atomic E-state index is 0.322. The first-order chi connectivity index (χ1) is 12.1. The van der Waals surface area contributed by atoms with Crippen LogP contribution in [0.15, 0.2) is 42.6 Å². The van der Waals surface area contributed by atoms with Gasteiger partial charge in [0.05, 0.1) is 13.2 Å². The van der Waals surface area contributed by atoms with Gasteiger partial charge in [0.25, 0.3) is 0 Å². The molecule has 1 aliphatic heterocycles. The Balaban J connectivity index is 1.79. The summed E-state index contributed by atoms with van der Waals surface area (Å²) in [7, 11) is 3.79. The van der Waals surface area contributed by atoms with E-state index in [1.807, 2.05) is 24.3 Å². The Morgan fingerprint density at radius 3 is 2.56 bits per heavy atom. The van der Waals surface area contributed by atoms with Crippen LogP contribution in [0.3, 0.4) is 0 Å². The zero-order valence-electron chi connectivity index (χ0n) is 15.2. The van der Waals surface area contributed by atoms with Crippen LogP contribution in [0.25, 0.3) is 0 Å². The average Bonchev–Trinajstić information content (AvgIpc) is 2.94. The first-order valence-electron chi connectivity index (χ1n) is 8.91. The second-order valence-electron chi connectivity index (χ2n) is 6.88. The van der Waals surface area contributed by atoms with Crippen molar-refractivity contribution in [1.82, 2.24) is 9.47 Å². The number of anilines is 1. The smallest absolute Gasteiger partial charge is 0.173 e. The molecule has 1 aromatic carbocycles. The van der Waals surface area contributed by atoms with Crippen molar-refractivity contribution in [3.05, 3.63) is 48.3 Å². The number of thiocarbonyl (C=S) groups is 1. The van der Waals surface area contributed by atoms with Gasteiger partial charge in [0.1, 0.15) is 5.75 Å². The molecule has 0 spiro atoms. The molecular weight excluding hydrogens is 330 g/mol. The summed E-state index contributed by atoms with van der Waals surface area (Å²) < 4.78 is 7.44. The van der Waals surface area contributed by atoms with Crippen LogP contribution in [0.1, 0.15) is 37.9 Å². The van der Waals surface area contributed by atoms with E-state index in [9.17, 15) is 0 Å². The second-order valence-corrected chi connectivity index (χ2v) is 7.27. The van der Waals surface area contributed by atoms with Gasteiger partial charge in [-0.1, -0.05) is 6.92 Å². The number of hydrogen-bond acceptors (Lipinski definition) is 2.